The molecular weight excluding hydrogens is 382 g/mol. The van der Waals surface area contributed by atoms with Crippen molar-refractivity contribution in [2.75, 3.05) is 12.3 Å². The smallest absolute Gasteiger partial charge is 0.404 e. The third-order valence-electron chi connectivity index (χ3n) is 4.76. The summed E-state index contributed by atoms with van der Waals surface area (Å²) in [5, 5.41) is 11.2. The van der Waals surface area contributed by atoms with Gasteiger partial charge in [-0.3, -0.25) is 0 Å². The maximum atomic E-state index is 11.6. The first-order chi connectivity index (χ1) is 14.2. The second kappa shape index (κ2) is 9.94. The van der Waals surface area contributed by atoms with Gasteiger partial charge < -0.3 is 15.2 Å². The summed E-state index contributed by atoms with van der Waals surface area (Å²) < 4.78 is -0.520. The van der Waals surface area contributed by atoms with Crippen LogP contribution in [-0.4, -0.2) is 29.8 Å². The van der Waals surface area contributed by atoms with Crippen molar-refractivity contribution in [3.8, 4) is 0 Å². The molecule has 0 radical (unpaired) electrons. The summed E-state index contributed by atoms with van der Waals surface area (Å²) in [6.45, 7) is 0.0975. The number of carboxylic acid groups (broad SMARTS) is 1. The highest BCUT2D eigenvalue weighted by atomic mass is 32.2. The summed E-state index contributed by atoms with van der Waals surface area (Å²) in [5.74, 6) is 0.0502. The Morgan fingerprint density at radius 2 is 1.28 bits per heavy atom. The number of carbonyl (C=O) groups excluding carboxylic acids is 1. The lowest BCUT2D eigenvalue weighted by atomic mass is 9.84. The van der Waals surface area contributed by atoms with Crippen molar-refractivity contribution in [2.45, 2.75) is 4.75 Å². The third-order valence-corrected chi connectivity index (χ3v) is 6.50. The SMILES string of the molecule is O=C[C@@H](CNC(=O)O)CSC(c1ccccc1)(c1ccccc1)c1ccccc1. The fourth-order valence-corrected chi connectivity index (χ4v) is 4.93. The summed E-state index contributed by atoms with van der Waals surface area (Å²) in [7, 11) is 0. The molecular formula is C24H23NO3S. The molecule has 3 aromatic rings. The molecule has 0 aromatic heterocycles. The van der Waals surface area contributed by atoms with Gasteiger partial charge in [0.15, 0.2) is 0 Å². The van der Waals surface area contributed by atoms with Gasteiger partial charge in [-0.25, -0.2) is 4.79 Å². The standard InChI is InChI=1S/C24H23NO3S/c26-17-19(16-25-23(27)28)18-29-24(20-10-4-1-5-11-20,21-12-6-2-7-13-21)22-14-8-3-9-15-22/h1-15,17,19,25H,16,18H2,(H,27,28)/t19-/m1/s1. The van der Waals surface area contributed by atoms with Crippen molar-refractivity contribution in [1.29, 1.82) is 0 Å². The van der Waals surface area contributed by atoms with E-state index in [9.17, 15) is 9.59 Å². The zero-order valence-corrected chi connectivity index (χ0v) is 16.7. The Balaban J connectivity index is 2.07. The van der Waals surface area contributed by atoms with Gasteiger partial charge >= 0.3 is 6.09 Å². The first-order valence-corrected chi connectivity index (χ1v) is 10.4. The average Bonchev–Trinajstić information content (AvgIpc) is 2.78. The van der Waals surface area contributed by atoms with Gasteiger partial charge in [-0.2, -0.15) is 0 Å². The number of hydrogen-bond donors (Lipinski definition) is 2. The topological polar surface area (TPSA) is 66.4 Å². The van der Waals surface area contributed by atoms with Gasteiger partial charge in [0.25, 0.3) is 0 Å². The van der Waals surface area contributed by atoms with E-state index in [1.807, 2.05) is 54.6 Å². The Labute approximate surface area is 175 Å². The lowest BCUT2D eigenvalue weighted by Gasteiger charge is -2.36. The van der Waals surface area contributed by atoms with Crippen molar-refractivity contribution in [3.63, 3.8) is 0 Å². The molecule has 29 heavy (non-hydrogen) atoms. The van der Waals surface area contributed by atoms with Crippen molar-refractivity contribution < 1.29 is 14.7 Å². The Morgan fingerprint density at radius 1 is 0.862 bits per heavy atom. The Bertz CT molecular complexity index is 820. The molecule has 1 amide bonds. The van der Waals surface area contributed by atoms with Gasteiger partial charge in [-0.1, -0.05) is 91.0 Å². The van der Waals surface area contributed by atoms with Crippen molar-refractivity contribution in [1.82, 2.24) is 5.32 Å². The van der Waals surface area contributed by atoms with E-state index in [2.05, 4.69) is 41.7 Å². The van der Waals surface area contributed by atoms with Crippen LogP contribution in [-0.2, 0) is 9.54 Å². The molecule has 0 aliphatic rings. The highest BCUT2D eigenvalue weighted by Crippen LogP contribution is 2.48. The molecule has 2 N–H and O–H groups in total. The minimum atomic E-state index is -1.12. The van der Waals surface area contributed by atoms with E-state index in [4.69, 9.17) is 5.11 Å². The Kier molecular flexibility index (Phi) is 7.09. The monoisotopic (exact) mass is 405 g/mol. The van der Waals surface area contributed by atoms with Crippen LogP contribution < -0.4 is 5.32 Å². The number of benzene rings is 3. The predicted octanol–water partition coefficient (Wildman–Crippen LogP) is 4.79. The largest absolute Gasteiger partial charge is 0.465 e. The molecule has 0 spiro atoms. The zero-order valence-electron chi connectivity index (χ0n) is 15.9. The van der Waals surface area contributed by atoms with E-state index >= 15 is 0 Å². The van der Waals surface area contributed by atoms with Gasteiger partial charge in [0, 0.05) is 18.2 Å². The molecule has 3 aromatic carbocycles. The Hall–Kier alpha value is -3.05. The van der Waals surface area contributed by atoms with Crippen LogP contribution in [0, 0.1) is 5.92 Å². The van der Waals surface area contributed by atoms with Crippen molar-refractivity contribution in [3.05, 3.63) is 108 Å². The van der Waals surface area contributed by atoms with Crippen LogP contribution in [0.3, 0.4) is 0 Å². The van der Waals surface area contributed by atoms with Crippen LogP contribution in [0.1, 0.15) is 16.7 Å². The molecule has 0 unspecified atom stereocenters. The molecule has 4 nitrogen and oxygen atoms in total. The molecule has 148 valence electrons. The van der Waals surface area contributed by atoms with Crippen LogP contribution in [0.5, 0.6) is 0 Å². The summed E-state index contributed by atoms with van der Waals surface area (Å²) in [5.41, 5.74) is 3.33. The molecule has 5 heteroatoms. The van der Waals surface area contributed by atoms with Gasteiger partial charge in [0.1, 0.15) is 6.29 Å². The summed E-state index contributed by atoms with van der Waals surface area (Å²) >= 11 is 1.65. The molecule has 0 fully saturated rings. The van der Waals surface area contributed by atoms with Crippen LogP contribution in [0.2, 0.25) is 0 Å². The fourth-order valence-electron chi connectivity index (χ4n) is 3.37. The van der Waals surface area contributed by atoms with Crippen LogP contribution >= 0.6 is 11.8 Å². The minimum absolute atomic E-state index is 0.0975. The van der Waals surface area contributed by atoms with E-state index < -0.39 is 16.8 Å². The third kappa shape index (κ3) is 4.87. The summed E-state index contributed by atoms with van der Waals surface area (Å²) in [6.07, 6.45) is -0.295. The van der Waals surface area contributed by atoms with Gasteiger partial charge in [0.05, 0.1) is 4.75 Å². The first-order valence-electron chi connectivity index (χ1n) is 9.39. The normalized spacial score (nSPS) is 12.1. The maximum Gasteiger partial charge on any atom is 0.404 e. The number of thioether (sulfide) groups is 1. The lowest BCUT2D eigenvalue weighted by Crippen LogP contribution is -2.32. The lowest BCUT2D eigenvalue weighted by molar-refractivity contribution is -0.110. The van der Waals surface area contributed by atoms with E-state index in [0.717, 1.165) is 23.0 Å². The average molecular weight is 406 g/mol. The molecule has 3 rings (SSSR count). The van der Waals surface area contributed by atoms with Crippen LogP contribution in [0.25, 0.3) is 0 Å². The molecule has 0 saturated heterocycles. The molecule has 0 aliphatic carbocycles. The van der Waals surface area contributed by atoms with E-state index in [0.29, 0.717) is 5.75 Å². The second-order valence-corrected chi connectivity index (χ2v) is 7.91. The second-order valence-electron chi connectivity index (χ2n) is 6.67. The van der Waals surface area contributed by atoms with E-state index in [1.165, 1.54) is 0 Å². The number of amides is 1. The number of nitrogens with one attached hydrogen (secondary N) is 1. The van der Waals surface area contributed by atoms with Gasteiger partial charge in [-0.15, -0.1) is 11.8 Å². The quantitative estimate of drug-likeness (QED) is 0.397. The van der Waals surface area contributed by atoms with Crippen LogP contribution in [0.15, 0.2) is 91.0 Å². The van der Waals surface area contributed by atoms with Crippen molar-refractivity contribution >= 4 is 24.1 Å². The summed E-state index contributed by atoms with van der Waals surface area (Å²) in [4.78, 5) is 22.4. The number of carbonyl (C=O) groups is 2. The van der Waals surface area contributed by atoms with E-state index in [1.54, 1.807) is 11.8 Å². The van der Waals surface area contributed by atoms with E-state index in [-0.39, 0.29) is 6.54 Å². The number of aldehydes is 1. The highest BCUT2D eigenvalue weighted by molar-refractivity contribution is 8.00. The van der Waals surface area contributed by atoms with Crippen molar-refractivity contribution in [2.24, 2.45) is 5.92 Å². The minimum Gasteiger partial charge on any atom is -0.465 e. The fraction of sp³-hybridized carbons (Fsp3) is 0.167. The molecule has 0 saturated carbocycles. The number of rotatable bonds is 9. The number of hydrogen-bond acceptors (Lipinski definition) is 3. The first kappa shape index (κ1) is 20.7. The molecule has 1 atom stereocenters. The molecule has 0 bridgehead atoms. The van der Waals surface area contributed by atoms with Gasteiger partial charge in [0.2, 0.25) is 0 Å². The highest BCUT2D eigenvalue weighted by Gasteiger charge is 2.37. The maximum absolute atomic E-state index is 11.6. The summed E-state index contributed by atoms with van der Waals surface area (Å²) in [6, 6.07) is 30.6. The molecule has 0 aliphatic heterocycles. The zero-order chi connectivity index (χ0) is 20.5. The predicted molar refractivity (Wildman–Crippen MR) is 117 cm³/mol. The van der Waals surface area contributed by atoms with Gasteiger partial charge in [-0.05, 0) is 16.7 Å². The van der Waals surface area contributed by atoms with Crippen LogP contribution in [0.4, 0.5) is 4.79 Å². The Morgan fingerprint density at radius 3 is 1.62 bits per heavy atom. The molecule has 0 heterocycles.